The third-order valence-corrected chi connectivity index (χ3v) is 1.83. The van der Waals surface area contributed by atoms with Crippen LogP contribution in [0.15, 0.2) is 18.3 Å². The van der Waals surface area contributed by atoms with Crippen LogP contribution in [0.3, 0.4) is 0 Å². The third-order valence-electron chi connectivity index (χ3n) is 1.83. The van der Waals surface area contributed by atoms with E-state index in [-0.39, 0.29) is 6.42 Å². The number of aromatic nitrogens is 1. The number of carbonyl (C=O) groups is 2. The second-order valence-corrected chi connectivity index (χ2v) is 4.82. The molecule has 0 saturated carbocycles. The van der Waals surface area contributed by atoms with Gasteiger partial charge in [-0.15, -0.1) is 0 Å². The molecule has 1 aromatic rings. The van der Waals surface area contributed by atoms with E-state index < -0.39 is 17.6 Å². The van der Waals surface area contributed by atoms with Gasteiger partial charge in [-0.05, 0) is 38.5 Å². The fraction of sp³-hybridized carbons (Fsp3) is 0.417. The van der Waals surface area contributed by atoms with Gasteiger partial charge in [0.15, 0.2) is 0 Å². The Morgan fingerprint density at radius 1 is 1.44 bits per heavy atom. The number of rotatable bonds is 3. The highest BCUT2D eigenvalue weighted by Gasteiger charge is 2.16. The summed E-state index contributed by atoms with van der Waals surface area (Å²) >= 11 is 0. The van der Waals surface area contributed by atoms with Crippen LogP contribution in [0.5, 0.6) is 0 Å². The largest absolute Gasteiger partial charge is 0.444 e. The molecule has 1 aromatic heterocycles. The molecule has 0 radical (unpaired) electrons. The number of nitrogens with zero attached hydrogens (tertiary/aromatic N) is 1. The van der Waals surface area contributed by atoms with Gasteiger partial charge >= 0.3 is 6.09 Å². The quantitative estimate of drug-likeness (QED) is 0.850. The minimum Gasteiger partial charge on any atom is -0.444 e. The predicted octanol–water partition coefficient (Wildman–Crippen LogP) is 1.46. The zero-order chi connectivity index (χ0) is 13.8. The highest BCUT2D eigenvalue weighted by Crippen LogP contribution is 2.11. The molecule has 3 N–H and O–H groups in total. The first kappa shape index (κ1) is 14.0. The maximum absolute atomic E-state index is 11.5. The molecule has 0 aliphatic heterocycles. The summed E-state index contributed by atoms with van der Waals surface area (Å²) in [6.07, 6.45) is 1.00. The number of nitrogens with two attached hydrogens (primary N) is 1. The number of pyridine rings is 1. The molecule has 6 nitrogen and oxygen atoms in total. The van der Waals surface area contributed by atoms with Crippen LogP contribution < -0.4 is 11.1 Å². The van der Waals surface area contributed by atoms with E-state index in [1.807, 2.05) is 0 Å². The van der Waals surface area contributed by atoms with Gasteiger partial charge in [0.25, 0.3) is 0 Å². The standard InChI is InChI=1S/C12H17N3O3/c1-12(2,3)18-11(17)15-10-7-8(4-5-14-10)6-9(13)16/h4-5,7H,6H2,1-3H3,(H2,13,16)(H,14,15,17). The summed E-state index contributed by atoms with van der Waals surface area (Å²) in [6.45, 7) is 5.30. The van der Waals surface area contributed by atoms with Crippen molar-refractivity contribution in [3.8, 4) is 0 Å². The fourth-order valence-electron chi connectivity index (χ4n) is 1.26. The van der Waals surface area contributed by atoms with Crippen molar-refractivity contribution in [1.82, 2.24) is 4.98 Å². The summed E-state index contributed by atoms with van der Waals surface area (Å²) in [5, 5.41) is 2.49. The molecule has 18 heavy (non-hydrogen) atoms. The second-order valence-electron chi connectivity index (χ2n) is 4.82. The summed E-state index contributed by atoms with van der Waals surface area (Å²) in [4.78, 5) is 26.2. The first-order valence-electron chi connectivity index (χ1n) is 5.49. The first-order valence-corrected chi connectivity index (χ1v) is 5.49. The molecule has 98 valence electrons. The van der Waals surface area contributed by atoms with Crippen LogP contribution in [-0.4, -0.2) is 22.6 Å². The smallest absolute Gasteiger partial charge is 0.413 e. The maximum Gasteiger partial charge on any atom is 0.413 e. The molecule has 0 saturated heterocycles. The van der Waals surface area contributed by atoms with Gasteiger partial charge in [-0.1, -0.05) is 0 Å². The molecule has 0 atom stereocenters. The number of primary amides is 1. The van der Waals surface area contributed by atoms with Gasteiger partial charge in [0.2, 0.25) is 5.91 Å². The average Bonchev–Trinajstić information content (AvgIpc) is 2.13. The third kappa shape index (κ3) is 5.29. The van der Waals surface area contributed by atoms with Gasteiger partial charge in [0.05, 0.1) is 6.42 Å². The van der Waals surface area contributed by atoms with Crippen LogP contribution in [0.2, 0.25) is 0 Å². The highest BCUT2D eigenvalue weighted by molar-refractivity contribution is 5.84. The van der Waals surface area contributed by atoms with Crippen molar-refractivity contribution < 1.29 is 14.3 Å². The van der Waals surface area contributed by atoms with Gasteiger partial charge in [-0.2, -0.15) is 0 Å². The lowest BCUT2D eigenvalue weighted by Gasteiger charge is -2.19. The van der Waals surface area contributed by atoms with E-state index >= 15 is 0 Å². The fourth-order valence-corrected chi connectivity index (χ4v) is 1.26. The molecule has 0 fully saturated rings. The SMILES string of the molecule is CC(C)(C)OC(=O)Nc1cc(CC(N)=O)ccn1. The molecule has 1 rings (SSSR count). The van der Waals surface area contributed by atoms with Crippen molar-refractivity contribution in [2.75, 3.05) is 5.32 Å². The zero-order valence-electron chi connectivity index (χ0n) is 10.7. The van der Waals surface area contributed by atoms with E-state index in [0.29, 0.717) is 11.4 Å². The molecule has 0 unspecified atom stereocenters. The normalized spacial score (nSPS) is 10.8. The Bertz CT molecular complexity index is 452. The Hall–Kier alpha value is -2.11. The number of hydrogen-bond acceptors (Lipinski definition) is 4. The highest BCUT2D eigenvalue weighted by atomic mass is 16.6. The van der Waals surface area contributed by atoms with Crippen molar-refractivity contribution in [3.63, 3.8) is 0 Å². The van der Waals surface area contributed by atoms with Crippen molar-refractivity contribution in [3.05, 3.63) is 23.9 Å². The summed E-state index contributed by atoms with van der Waals surface area (Å²) in [6, 6.07) is 3.24. The lowest BCUT2D eigenvalue weighted by molar-refractivity contribution is -0.117. The van der Waals surface area contributed by atoms with E-state index in [1.54, 1.807) is 32.9 Å². The van der Waals surface area contributed by atoms with Crippen molar-refractivity contribution in [2.24, 2.45) is 5.73 Å². The van der Waals surface area contributed by atoms with Crippen LogP contribution >= 0.6 is 0 Å². The Kier molecular flexibility index (Phi) is 4.25. The zero-order valence-corrected chi connectivity index (χ0v) is 10.7. The number of hydrogen-bond donors (Lipinski definition) is 2. The van der Waals surface area contributed by atoms with Gasteiger partial charge < -0.3 is 10.5 Å². The van der Waals surface area contributed by atoms with Crippen molar-refractivity contribution in [2.45, 2.75) is 32.8 Å². The van der Waals surface area contributed by atoms with Crippen LogP contribution in [0, 0.1) is 0 Å². The van der Waals surface area contributed by atoms with E-state index in [1.165, 1.54) is 6.20 Å². The van der Waals surface area contributed by atoms with Crippen LogP contribution in [-0.2, 0) is 16.0 Å². The van der Waals surface area contributed by atoms with Gasteiger partial charge in [-0.25, -0.2) is 9.78 Å². The van der Waals surface area contributed by atoms with Crippen molar-refractivity contribution in [1.29, 1.82) is 0 Å². The van der Waals surface area contributed by atoms with Crippen LogP contribution in [0.4, 0.5) is 10.6 Å². The van der Waals surface area contributed by atoms with E-state index in [2.05, 4.69) is 10.3 Å². The van der Waals surface area contributed by atoms with Gasteiger partial charge in [0.1, 0.15) is 11.4 Å². The van der Waals surface area contributed by atoms with Gasteiger partial charge in [-0.3, -0.25) is 10.1 Å². The number of amides is 2. The lowest BCUT2D eigenvalue weighted by Crippen LogP contribution is -2.27. The summed E-state index contributed by atoms with van der Waals surface area (Å²) in [7, 11) is 0. The topological polar surface area (TPSA) is 94.3 Å². The van der Waals surface area contributed by atoms with Gasteiger partial charge in [0, 0.05) is 6.20 Å². The molecule has 0 aliphatic carbocycles. The lowest BCUT2D eigenvalue weighted by atomic mass is 10.2. The summed E-state index contributed by atoms with van der Waals surface area (Å²) in [5.41, 5.74) is 5.20. The minimum absolute atomic E-state index is 0.103. The molecule has 0 aliphatic rings. The Balaban J connectivity index is 2.67. The molecular weight excluding hydrogens is 234 g/mol. The first-order chi connectivity index (χ1) is 8.26. The number of anilines is 1. The summed E-state index contributed by atoms with van der Waals surface area (Å²) in [5.74, 6) is -0.118. The van der Waals surface area contributed by atoms with Crippen molar-refractivity contribution >= 4 is 17.8 Å². The minimum atomic E-state index is -0.591. The molecular formula is C12H17N3O3. The van der Waals surface area contributed by atoms with E-state index in [4.69, 9.17) is 10.5 Å². The predicted molar refractivity (Wildman–Crippen MR) is 67.0 cm³/mol. The summed E-state index contributed by atoms with van der Waals surface area (Å²) < 4.78 is 5.08. The average molecular weight is 251 g/mol. The molecule has 0 bridgehead atoms. The number of nitrogens with one attached hydrogen (secondary N) is 1. The Morgan fingerprint density at radius 3 is 2.67 bits per heavy atom. The maximum atomic E-state index is 11.5. The van der Waals surface area contributed by atoms with Crippen LogP contribution in [0.25, 0.3) is 0 Å². The molecule has 6 heteroatoms. The second kappa shape index (κ2) is 5.48. The number of carbonyl (C=O) groups excluding carboxylic acids is 2. The monoisotopic (exact) mass is 251 g/mol. The number of ether oxygens (including phenoxy) is 1. The van der Waals surface area contributed by atoms with E-state index in [9.17, 15) is 9.59 Å². The Labute approximate surface area is 106 Å². The molecule has 2 amide bonds. The van der Waals surface area contributed by atoms with E-state index in [0.717, 1.165) is 0 Å². The molecule has 1 heterocycles. The Morgan fingerprint density at radius 2 is 2.11 bits per heavy atom. The van der Waals surface area contributed by atoms with Crippen LogP contribution in [0.1, 0.15) is 26.3 Å². The molecule has 0 spiro atoms. The molecule has 0 aromatic carbocycles.